The first-order valence-electron chi connectivity index (χ1n) is 6.46. The monoisotopic (exact) mass is 281 g/mol. The maximum atomic E-state index is 12.3. The molecule has 1 aromatic heterocycles. The molecule has 0 radical (unpaired) electrons. The molecule has 0 fully saturated rings. The van der Waals surface area contributed by atoms with Gasteiger partial charge in [0.2, 0.25) is 0 Å². The highest BCUT2D eigenvalue weighted by molar-refractivity contribution is 5.96. The van der Waals surface area contributed by atoms with E-state index < -0.39 is 0 Å². The number of hydrogen-bond acceptors (Lipinski definition) is 4. The molecule has 0 saturated heterocycles. The Balaban J connectivity index is 2.16. The zero-order chi connectivity index (χ0) is 15.1. The SMILES string of the molecule is Cc1ccc(C#CCO)c(C(=O)NCc2cccnn2)c1. The van der Waals surface area contributed by atoms with Gasteiger partial charge < -0.3 is 10.4 Å². The number of aliphatic hydroxyl groups excluding tert-OH is 1. The third-order valence-corrected chi connectivity index (χ3v) is 2.78. The van der Waals surface area contributed by atoms with Crippen LogP contribution in [0.25, 0.3) is 0 Å². The molecule has 5 nitrogen and oxygen atoms in total. The summed E-state index contributed by atoms with van der Waals surface area (Å²) in [5.41, 5.74) is 2.72. The van der Waals surface area contributed by atoms with Crippen LogP contribution in [-0.4, -0.2) is 27.8 Å². The van der Waals surface area contributed by atoms with Gasteiger partial charge in [0, 0.05) is 11.8 Å². The van der Waals surface area contributed by atoms with E-state index in [1.165, 1.54) is 0 Å². The normalized spacial score (nSPS) is 9.62. The molecule has 2 N–H and O–H groups in total. The Labute approximate surface area is 123 Å². The van der Waals surface area contributed by atoms with E-state index in [0.29, 0.717) is 23.4 Å². The number of aliphatic hydroxyl groups is 1. The van der Waals surface area contributed by atoms with Gasteiger partial charge in [-0.3, -0.25) is 4.79 Å². The van der Waals surface area contributed by atoms with Crippen molar-refractivity contribution in [1.29, 1.82) is 0 Å². The van der Waals surface area contributed by atoms with Gasteiger partial charge in [-0.2, -0.15) is 10.2 Å². The van der Waals surface area contributed by atoms with Crippen molar-refractivity contribution in [3.63, 3.8) is 0 Å². The van der Waals surface area contributed by atoms with Crippen molar-refractivity contribution < 1.29 is 9.90 Å². The number of hydrogen-bond donors (Lipinski definition) is 2. The molecule has 1 aromatic carbocycles. The summed E-state index contributed by atoms with van der Waals surface area (Å²) in [6.45, 7) is 1.96. The van der Waals surface area contributed by atoms with E-state index in [4.69, 9.17) is 5.11 Å². The third kappa shape index (κ3) is 4.13. The largest absolute Gasteiger partial charge is 0.384 e. The Morgan fingerprint density at radius 3 is 2.95 bits per heavy atom. The molecular weight excluding hydrogens is 266 g/mol. The van der Waals surface area contributed by atoms with Crippen molar-refractivity contribution >= 4 is 5.91 Å². The van der Waals surface area contributed by atoms with Gasteiger partial charge in [0.15, 0.2) is 0 Å². The Morgan fingerprint density at radius 1 is 1.38 bits per heavy atom. The zero-order valence-electron chi connectivity index (χ0n) is 11.6. The molecule has 21 heavy (non-hydrogen) atoms. The first kappa shape index (κ1) is 14.7. The first-order valence-corrected chi connectivity index (χ1v) is 6.46. The molecule has 0 atom stereocenters. The van der Waals surface area contributed by atoms with E-state index in [1.807, 2.05) is 13.0 Å². The Hall–Kier alpha value is -2.71. The minimum atomic E-state index is -0.242. The molecule has 0 spiro atoms. The van der Waals surface area contributed by atoms with Crippen LogP contribution in [0.4, 0.5) is 0 Å². The fourth-order valence-corrected chi connectivity index (χ4v) is 1.78. The van der Waals surface area contributed by atoms with Crippen molar-refractivity contribution in [2.75, 3.05) is 6.61 Å². The number of carbonyl (C=O) groups excluding carboxylic acids is 1. The van der Waals surface area contributed by atoms with Gasteiger partial charge in [-0.15, -0.1) is 0 Å². The van der Waals surface area contributed by atoms with Gasteiger partial charge >= 0.3 is 0 Å². The Kier molecular flexibility index (Phi) is 5.02. The summed E-state index contributed by atoms with van der Waals surface area (Å²) in [4.78, 5) is 12.3. The predicted molar refractivity (Wildman–Crippen MR) is 78.3 cm³/mol. The van der Waals surface area contributed by atoms with Crippen LogP contribution in [0.3, 0.4) is 0 Å². The summed E-state index contributed by atoms with van der Waals surface area (Å²) >= 11 is 0. The van der Waals surface area contributed by atoms with Gasteiger partial charge in [0.05, 0.1) is 17.8 Å². The number of nitrogens with zero attached hydrogens (tertiary/aromatic N) is 2. The quantitative estimate of drug-likeness (QED) is 0.825. The van der Waals surface area contributed by atoms with Crippen LogP contribution in [0, 0.1) is 18.8 Å². The van der Waals surface area contributed by atoms with Crippen molar-refractivity contribution in [3.05, 3.63) is 58.9 Å². The van der Waals surface area contributed by atoms with Crippen LogP contribution in [0.1, 0.15) is 27.2 Å². The van der Waals surface area contributed by atoms with E-state index in [0.717, 1.165) is 5.56 Å². The lowest BCUT2D eigenvalue weighted by molar-refractivity contribution is 0.0950. The number of amides is 1. The van der Waals surface area contributed by atoms with E-state index in [9.17, 15) is 4.79 Å². The van der Waals surface area contributed by atoms with E-state index in [2.05, 4.69) is 27.4 Å². The first-order chi connectivity index (χ1) is 10.2. The molecule has 106 valence electrons. The fourth-order valence-electron chi connectivity index (χ4n) is 1.78. The van der Waals surface area contributed by atoms with Crippen molar-refractivity contribution in [2.45, 2.75) is 13.5 Å². The highest BCUT2D eigenvalue weighted by atomic mass is 16.2. The second-order valence-corrected chi connectivity index (χ2v) is 4.41. The topological polar surface area (TPSA) is 75.1 Å². The molecule has 2 rings (SSSR count). The van der Waals surface area contributed by atoms with Crippen LogP contribution < -0.4 is 5.32 Å². The highest BCUT2D eigenvalue weighted by Crippen LogP contribution is 2.11. The fraction of sp³-hybridized carbons (Fsp3) is 0.188. The summed E-state index contributed by atoms with van der Waals surface area (Å²) in [5, 5.41) is 19.2. The Morgan fingerprint density at radius 2 is 2.24 bits per heavy atom. The molecule has 0 aliphatic heterocycles. The van der Waals surface area contributed by atoms with Crippen LogP contribution in [0.2, 0.25) is 0 Å². The second kappa shape index (κ2) is 7.17. The minimum Gasteiger partial charge on any atom is -0.384 e. The van der Waals surface area contributed by atoms with Crippen LogP contribution in [0.15, 0.2) is 36.5 Å². The van der Waals surface area contributed by atoms with E-state index in [1.54, 1.807) is 30.5 Å². The van der Waals surface area contributed by atoms with Crippen molar-refractivity contribution in [3.8, 4) is 11.8 Å². The maximum absolute atomic E-state index is 12.3. The standard InChI is InChI=1S/C16H15N3O2/c1-12-6-7-13(4-3-9-20)15(10-12)16(21)17-11-14-5-2-8-18-19-14/h2,5-8,10,20H,9,11H2,1H3,(H,17,21). The maximum Gasteiger partial charge on any atom is 0.252 e. The predicted octanol–water partition coefficient (Wildman–Crippen LogP) is 1.06. The molecule has 0 bridgehead atoms. The van der Waals surface area contributed by atoms with E-state index >= 15 is 0 Å². The van der Waals surface area contributed by atoms with Crippen molar-refractivity contribution in [1.82, 2.24) is 15.5 Å². The molecule has 0 unspecified atom stereocenters. The summed E-state index contributed by atoms with van der Waals surface area (Å²) in [5.74, 6) is 5.11. The second-order valence-electron chi connectivity index (χ2n) is 4.41. The van der Waals surface area contributed by atoms with Gasteiger partial charge in [0.25, 0.3) is 5.91 Å². The molecule has 0 aliphatic rings. The smallest absolute Gasteiger partial charge is 0.252 e. The minimum absolute atomic E-state index is 0.230. The summed E-state index contributed by atoms with van der Waals surface area (Å²) in [6, 6.07) is 8.97. The summed E-state index contributed by atoms with van der Waals surface area (Å²) in [6.07, 6.45) is 1.58. The Bertz CT molecular complexity index is 688. The number of nitrogens with one attached hydrogen (secondary N) is 1. The average Bonchev–Trinajstić information content (AvgIpc) is 2.52. The van der Waals surface area contributed by atoms with Crippen LogP contribution in [-0.2, 0) is 6.54 Å². The number of rotatable bonds is 3. The van der Waals surface area contributed by atoms with Gasteiger partial charge in [-0.1, -0.05) is 23.5 Å². The molecule has 0 saturated carbocycles. The van der Waals surface area contributed by atoms with Gasteiger partial charge in [0.1, 0.15) is 6.61 Å². The number of aryl methyl sites for hydroxylation is 1. The lowest BCUT2D eigenvalue weighted by atomic mass is 10.0. The average molecular weight is 281 g/mol. The lowest BCUT2D eigenvalue weighted by Gasteiger charge is -2.07. The third-order valence-electron chi connectivity index (χ3n) is 2.78. The summed E-state index contributed by atoms with van der Waals surface area (Å²) in [7, 11) is 0. The van der Waals surface area contributed by atoms with Crippen LogP contribution in [0.5, 0.6) is 0 Å². The number of aromatic nitrogens is 2. The molecule has 5 heteroatoms. The van der Waals surface area contributed by atoms with Gasteiger partial charge in [-0.05, 0) is 31.2 Å². The number of benzene rings is 1. The lowest BCUT2D eigenvalue weighted by Crippen LogP contribution is -2.24. The molecule has 2 aromatic rings. The highest BCUT2D eigenvalue weighted by Gasteiger charge is 2.10. The van der Waals surface area contributed by atoms with E-state index in [-0.39, 0.29) is 12.5 Å². The van der Waals surface area contributed by atoms with Gasteiger partial charge in [-0.25, -0.2) is 0 Å². The molecule has 0 aliphatic carbocycles. The molecule has 1 amide bonds. The van der Waals surface area contributed by atoms with Crippen molar-refractivity contribution in [2.24, 2.45) is 0 Å². The summed E-state index contributed by atoms with van der Waals surface area (Å²) < 4.78 is 0. The molecular formula is C16H15N3O2. The van der Waals surface area contributed by atoms with Crippen LogP contribution >= 0.6 is 0 Å². The molecule has 1 heterocycles. The zero-order valence-corrected chi connectivity index (χ0v) is 11.6. The number of carbonyl (C=O) groups is 1.